The van der Waals surface area contributed by atoms with Crippen LogP contribution in [0.4, 0.5) is 18.0 Å². The van der Waals surface area contributed by atoms with E-state index in [2.05, 4.69) is 10.6 Å². The maximum atomic E-state index is 12.7. The molecule has 1 atom stereocenters. The molecule has 1 aliphatic heterocycles. The lowest BCUT2D eigenvalue weighted by Gasteiger charge is -2.33. The summed E-state index contributed by atoms with van der Waals surface area (Å²) in [7, 11) is 0. The second kappa shape index (κ2) is 10.1. The van der Waals surface area contributed by atoms with Gasteiger partial charge in [-0.15, -0.1) is 0 Å². The summed E-state index contributed by atoms with van der Waals surface area (Å²) in [4.78, 5) is 26.8. The molecule has 1 fully saturated rings. The van der Waals surface area contributed by atoms with Crippen molar-refractivity contribution in [2.24, 2.45) is 0 Å². The second-order valence-electron chi connectivity index (χ2n) is 8.39. The number of piperidine rings is 1. The molecule has 0 radical (unpaired) electrons. The average Bonchev–Trinajstić information content (AvgIpc) is 2.77. The Hall–Kier alpha value is -3.03. The number of nitrogens with zero attached hydrogens (tertiary/aromatic N) is 1. The molecular formula is C24H28F3N3O2. The van der Waals surface area contributed by atoms with Gasteiger partial charge in [-0.2, -0.15) is 13.2 Å². The Morgan fingerprint density at radius 2 is 1.84 bits per heavy atom. The molecule has 5 nitrogen and oxygen atoms in total. The van der Waals surface area contributed by atoms with Crippen molar-refractivity contribution in [3.8, 4) is 0 Å². The molecule has 0 bridgehead atoms. The van der Waals surface area contributed by atoms with Crippen LogP contribution >= 0.6 is 0 Å². The minimum absolute atomic E-state index is 0.0690. The Labute approximate surface area is 186 Å². The molecule has 0 spiro atoms. The lowest BCUT2D eigenvalue weighted by Crippen LogP contribution is -2.47. The van der Waals surface area contributed by atoms with E-state index in [1.165, 1.54) is 12.1 Å². The molecule has 3 rings (SSSR count). The lowest BCUT2D eigenvalue weighted by molar-refractivity contribution is -0.137. The lowest BCUT2D eigenvalue weighted by atomic mass is 9.89. The molecule has 1 aliphatic rings. The SMILES string of the molecule is CC(C)NC(=O)N1CCC[C@@H](c2cccc(C(=O)NCc3ccc(C(F)(F)F)cc3)c2)C1. The molecule has 0 unspecified atom stereocenters. The molecule has 8 heteroatoms. The zero-order valence-electron chi connectivity index (χ0n) is 18.2. The van der Waals surface area contributed by atoms with Gasteiger partial charge in [-0.05, 0) is 62.1 Å². The van der Waals surface area contributed by atoms with Gasteiger partial charge in [-0.3, -0.25) is 4.79 Å². The highest BCUT2D eigenvalue weighted by Gasteiger charge is 2.30. The maximum absolute atomic E-state index is 12.7. The summed E-state index contributed by atoms with van der Waals surface area (Å²) in [5, 5.41) is 5.68. The van der Waals surface area contributed by atoms with Gasteiger partial charge in [-0.25, -0.2) is 4.79 Å². The predicted molar refractivity (Wildman–Crippen MR) is 116 cm³/mol. The first-order valence-corrected chi connectivity index (χ1v) is 10.7. The third-order valence-electron chi connectivity index (χ3n) is 5.48. The Kier molecular flexibility index (Phi) is 7.43. The molecule has 0 saturated carbocycles. The topological polar surface area (TPSA) is 61.4 Å². The summed E-state index contributed by atoms with van der Waals surface area (Å²) in [5.41, 5.74) is 1.35. The minimum Gasteiger partial charge on any atom is -0.348 e. The number of alkyl halides is 3. The van der Waals surface area contributed by atoms with Crippen molar-refractivity contribution in [2.45, 2.75) is 51.4 Å². The molecule has 0 aliphatic carbocycles. The van der Waals surface area contributed by atoms with E-state index in [1.807, 2.05) is 36.9 Å². The molecule has 2 aromatic rings. The summed E-state index contributed by atoms with van der Waals surface area (Å²) in [6.45, 7) is 5.28. The normalized spacial score (nSPS) is 16.7. The molecule has 2 aromatic carbocycles. The third kappa shape index (κ3) is 6.24. The molecule has 1 heterocycles. The first-order chi connectivity index (χ1) is 15.1. The van der Waals surface area contributed by atoms with Gasteiger partial charge in [0.2, 0.25) is 0 Å². The van der Waals surface area contributed by atoms with Crippen molar-refractivity contribution in [2.75, 3.05) is 13.1 Å². The van der Waals surface area contributed by atoms with Gasteiger partial charge in [0, 0.05) is 37.2 Å². The van der Waals surface area contributed by atoms with Gasteiger partial charge in [0.1, 0.15) is 0 Å². The van der Waals surface area contributed by atoms with Crippen LogP contribution in [0.2, 0.25) is 0 Å². The number of carbonyl (C=O) groups is 2. The average molecular weight is 448 g/mol. The summed E-state index contributed by atoms with van der Waals surface area (Å²) < 4.78 is 38.0. The smallest absolute Gasteiger partial charge is 0.348 e. The number of benzene rings is 2. The van der Waals surface area contributed by atoms with E-state index in [-0.39, 0.29) is 30.4 Å². The zero-order chi connectivity index (χ0) is 23.3. The van der Waals surface area contributed by atoms with Gasteiger partial charge in [0.25, 0.3) is 5.91 Å². The van der Waals surface area contributed by atoms with Crippen LogP contribution in [0.1, 0.15) is 59.7 Å². The minimum atomic E-state index is -4.38. The summed E-state index contributed by atoms with van der Waals surface area (Å²) in [6, 6.07) is 12.0. The van der Waals surface area contributed by atoms with Crippen molar-refractivity contribution >= 4 is 11.9 Å². The number of likely N-dealkylation sites (tertiary alicyclic amines) is 1. The van der Waals surface area contributed by atoms with Crippen LogP contribution in [0.3, 0.4) is 0 Å². The fraction of sp³-hybridized carbons (Fsp3) is 0.417. The first-order valence-electron chi connectivity index (χ1n) is 10.7. The number of carbonyl (C=O) groups excluding carboxylic acids is 2. The first kappa shape index (κ1) is 23.6. The number of hydrogen-bond donors (Lipinski definition) is 2. The summed E-state index contributed by atoms with van der Waals surface area (Å²) >= 11 is 0. The fourth-order valence-electron chi connectivity index (χ4n) is 3.80. The van der Waals surface area contributed by atoms with Gasteiger partial charge in [0.15, 0.2) is 0 Å². The van der Waals surface area contributed by atoms with E-state index in [0.29, 0.717) is 24.2 Å². The van der Waals surface area contributed by atoms with Crippen molar-refractivity contribution in [1.82, 2.24) is 15.5 Å². The quantitative estimate of drug-likeness (QED) is 0.683. The number of rotatable bonds is 5. The number of hydrogen-bond acceptors (Lipinski definition) is 2. The fourth-order valence-corrected chi connectivity index (χ4v) is 3.80. The van der Waals surface area contributed by atoms with E-state index in [0.717, 1.165) is 30.5 Å². The second-order valence-corrected chi connectivity index (χ2v) is 8.39. The molecule has 0 aromatic heterocycles. The largest absolute Gasteiger partial charge is 0.416 e. The molecule has 1 saturated heterocycles. The molecular weight excluding hydrogens is 419 g/mol. The van der Waals surface area contributed by atoms with Crippen LogP contribution < -0.4 is 10.6 Å². The molecule has 3 amide bonds. The van der Waals surface area contributed by atoms with Crippen molar-refractivity contribution in [3.63, 3.8) is 0 Å². The monoisotopic (exact) mass is 447 g/mol. The van der Waals surface area contributed by atoms with Crippen LogP contribution in [0.25, 0.3) is 0 Å². The van der Waals surface area contributed by atoms with Gasteiger partial charge in [-0.1, -0.05) is 24.3 Å². The Bertz CT molecular complexity index is 942. The number of nitrogens with one attached hydrogen (secondary N) is 2. The summed E-state index contributed by atoms with van der Waals surface area (Å²) in [5.74, 6) is -0.152. The highest BCUT2D eigenvalue weighted by Crippen LogP contribution is 2.29. The number of halogens is 3. The standard InChI is InChI=1S/C24H28F3N3O2/c1-16(2)29-23(32)30-12-4-7-20(15-30)18-5-3-6-19(13-18)22(31)28-14-17-8-10-21(11-9-17)24(25,26)27/h3,5-6,8-11,13,16,20H,4,7,12,14-15H2,1-2H3,(H,28,31)(H,29,32)/t20-/m1/s1. The molecule has 2 N–H and O–H groups in total. The van der Waals surface area contributed by atoms with Crippen molar-refractivity contribution in [1.29, 1.82) is 0 Å². The summed E-state index contributed by atoms with van der Waals surface area (Å²) in [6.07, 6.45) is -2.56. The zero-order valence-corrected chi connectivity index (χ0v) is 18.2. The van der Waals surface area contributed by atoms with E-state index in [1.54, 1.807) is 6.07 Å². The van der Waals surface area contributed by atoms with E-state index < -0.39 is 11.7 Å². The van der Waals surface area contributed by atoms with Crippen LogP contribution in [-0.4, -0.2) is 36.0 Å². The van der Waals surface area contributed by atoms with Crippen LogP contribution in [0.15, 0.2) is 48.5 Å². The van der Waals surface area contributed by atoms with E-state index >= 15 is 0 Å². The van der Waals surface area contributed by atoms with Crippen LogP contribution in [-0.2, 0) is 12.7 Å². The Morgan fingerprint density at radius 1 is 1.12 bits per heavy atom. The number of urea groups is 1. The predicted octanol–water partition coefficient (Wildman–Crippen LogP) is 4.93. The highest BCUT2D eigenvalue weighted by molar-refractivity contribution is 5.94. The van der Waals surface area contributed by atoms with Gasteiger partial charge < -0.3 is 15.5 Å². The molecule has 32 heavy (non-hydrogen) atoms. The Balaban J connectivity index is 1.61. The van der Waals surface area contributed by atoms with Gasteiger partial charge in [0.05, 0.1) is 5.56 Å². The Morgan fingerprint density at radius 3 is 2.50 bits per heavy atom. The van der Waals surface area contributed by atoms with E-state index in [9.17, 15) is 22.8 Å². The highest BCUT2D eigenvalue weighted by atomic mass is 19.4. The van der Waals surface area contributed by atoms with Crippen LogP contribution in [0.5, 0.6) is 0 Å². The van der Waals surface area contributed by atoms with Crippen molar-refractivity contribution < 1.29 is 22.8 Å². The van der Waals surface area contributed by atoms with Gasteiger partial charge >= 0.3 is 12.2 Å². The van der Waals surface area contributed by atoms with E-state index in [4.69, 9.17) is 0 Å². The molecule has 172 valence electrons. The number of amides is 3. The maximum Gasteiger partial charge on any atom is 0.416 e. The third-order valence-corrected chi connectivity index (χ3v) is 5.48. The van der Waals surface area contributed by atoms with Crippen LogP contribution in [0, 0.1) is 0 Å². The van der Waals surface area contributed by atoms with Crippen molar-refractivity contribution in [3.05, 3.63) is 70.8 Å².